The number of piperazine rings is 3. The van der Waals surface area contributed by atoms with E-state index in [-0.39, 0.29) is 0 Å². The molecule has 0 amide bonds. The van der Waals surface area contributed by atoms with Gasteiger partial charge in [-0.3, -0.25) is 9.80 Å². The van der Waals surface area contributed by atoms with Gasteiger partial charge in [0.1, 0.15) is 0 Å². The molecule has 3 fully saturated rings. The quantitative estimate of drug-likeness (QED) is 0.890. The fraction of sp³-hybridized carbons (Fsp3) is 0.733. The van der Waals surface area contributed by atoms with Gasteiger partial charge in [-0.15, -0.1) is 11.3 Å². The first-order valence-corrected chi connectivity index (χ1v) is 8.40. The molecule has 3 aliphatic rings. The standard InChI is InChI=1S/C15H25N3S/c1-3-4-16-15(13-9-12(2)19-11-13)14-10-17-5-7-18(14)8-6-17/h9,11,14-16H,3-8,10H2,1-2H3. The first-order chi connectivity index (χ1) is 9.28. The van der Waals surface area contributed by atoms with Gasteiger partial charge in [-0.05, 0) is 36.9 Å². The lowest BCUT2D eigenvalue weighted by Crippen LogP contribution is -2.63. The number of thiophene rings is 1. The Labute approximate surface area is 120 Å². The first-order valence-electron chi connectivity index (χ1n) is 7.52. The maximum atomic E-state index is 3.79. The van der Waals surface area contributed by atoms with Crippen LogP contribution >= 0.6 is 11.3 Å². The lowest BCUT2D eigenvalue weighted by atomic mass is 9.95. The molecule has 0 aliphatic carbocycles. The average molecular weight is 279 g/mol. The normalized spacial score (nSPS) is 31.6. The smallest absolute Gasteiger partial charge is 0.0499 e. The molecule has 2 unspecified atom stereocenters. The Balaban J connectivity index is 1.78. The van der Waals surface area contributed by atoms with Crippen LogP contribution in [0.4, 0.5) is 0 Å². The van der Waals surface area contributed by atoms with Crippen molar-refractivity contribution < 1.29 is 0 Å². The summed E-state index contributed by atoms with van der Waals surface area (Å²) in [5, 5.41) is 6.14. The molecule has 2 atom stereocenters. The molecule has 4 heteroatoms. The number of rotatable bonds is 5. The minimum Gasteiger partial charge on any atom is -0.309 e. The maximum absolute atomic E-state index is 3.79. The molecule has 1 N–H and O–H groups in total. The van der Waals surface area contributed by atoms with Gasteiger partial charge in [0, 0.05) is 49.7 Å². The van der Waals surface area contributed by atoms with Crippen LogP contribution in [0, 0.1) is 6.92 Å². The molecular formula is C15H25N3S. The number of hydrogen-bond donors (Lipinski definition) is 1. The summed E-state index contributed by atoms with van der Waals surface area (Å²) in [6, 6.07) is 3.53. The van der Waals surface area contributed by atoms with E-state index in [2.05, 4.69) is 40.4 Å². The molecule has 1 aromatic heterocycles. The topological polar surface area (TPSA) is 18.5 Å². The zero-order valence-electron chi connectivity index (χ0n) is 12.1. The Morgan fingerprint density at radius 2 is 2.16 bits per heavy atom. The summed E-state index contributed by atoms with van der Waals surface area (Å²) in [5.74, 6) is 0. The van der Waals surface area contributed by atoms with Crippen molar-refractivity contribution in [3.05, 3.63) is 21.9 Å². The van der Waals surface area contributed by atoms with E-state index in [1.54, 1.807) is 0 Å². The van der Waals surface area contributed by atoms with Crippen LogP contribution in [0.15, 0.2) is 11.4 Å². The average Bonchev–Trinajstić information content (AvgIpc) is 2.87. The van der Waals surface area contributed by atoms with Crippen molar-refractivity contribution in [2.45, 2.75) is 32.4 Å². The Bertz CT molecular complexity index is 409. The fourth-order valence-corrected chi connectivity index (χ4v) is 4.12. The van der Waals surface area contributed by atoms with Gasteiger partial charge in [0.25, 0.3) is 0 Å². The highest BCUT2D eigenvalue weighted by atomic mass is 32.1. The van der Waals surface area contributed by atoms with E-state index in [1.807, 2.05) is 11.3 Å². The molecule has 19 heavy (non-hydrogen) atoms. The van der Waals surface area contributed by atoms with Crippen molar-refractivity contribution >= 4 is 11.3 Å². The lowest BCUT2D eigenvalue weighted by molar-refractivity contribution is -0.00358. The zero-order valence-corrected chi connectivity index (χ0v) is 12.9. The molecule has 2 bridgehead atoms. The molecule has 0 spiro atoms. The third-order valence-corrected chi connectivity index (χ3v) is 5.31. The zero-order chi connectivity index (χ0) is 13.2. The highest BCUT2D eigenvalue weighted by Crippen LogP contribution is 2.29. The second-order valence-electron chi connectivity index (χ2n) is 5.83. The Morgan fingerprint density at radius 1 is 1.37 bits per heavy atom. The predicted molar refractivity (Wildman–Crippen MR) is 81.9 cm³/mol. The van der Waals surface area contributed by atoms with Gasteiger partial charge in [0.05, 0.1) is 0 Å². The molecule has 1 aromatic rings. The molecule has 106 valence electrons. The van der Waals surface area contributed by atoms with Crippen LogP contribution in [0.5, 0.6) is 0 Å². The van der Waals surface area contributed by atoms with Gasteiger partial charge in [-0.25, -0.2) is 0 Å². The highest BCUT2D eigenvalue weighted by Gasteiger charge is 2.37. The van der Waals surface area contributed by atoms with Gasteiger partial charge < -0.3 is 5.32 Å². The van der Waals surface area contributed by atoms with Crippen molar-refractivity contribution in [2.75, 3.05) is 39.3 Å². The lowest BCUT2D eigenvalue weighted by Gasteiger charge is -2.50. The Morgan fingerprint density at radius 3 is 2.68 bits per heavy atom. The molecule has 3 nitrogen and oxygen atoms in total. The van der Waals surface area contributed by atoms with Crippen molar-refractivity contribution in [2.24, 2.45) is 0 Å². The molecule has 0 saturated carbocycles. The van der Waals surface area contributed by atoms with Crippen LogP contribution in [-0.2, 0) is 0 Å². The van der Waals surface area contributed by atoms with Crippen LogP contribution < -0.4 is 5.32 Å². The number of nitrogens with one attached hydrogen (secondary N) is 1. The summed E-state index contributed by atoms with van der Waals surface area (Å²) in [6.45, 7) is 11.8. The van der Waals surface area contributed by atoms with Crippen LogP contribution in [0.25, 0.3) is 0 Å². The molecule has 4 rings (SSSR count). The summed E-state index contributed by atoms with van der Waals surface area (Å²) < 4.78 is 0. The monoisotopic (exact) mass is 279 g/mol. The van der Waals surface area contributed by atoms with Crippen molar-refractivity contribution in [1.29, 1.82) is 0 Å². The van der Waals surface area contributed by atoms with E-state index >= 15 is 0 Å². The van der Waals surface area contributed by atoms with Gasteiger partial charge >= 0.3 is 0 Å². The van der Waals surface area contributed by atoms with E-state index in [1.165, 1.54) is 49.6 Å². The Hall–Kier alpha value is -0.420. The van der Waals surface area contributed by atoms with E-state index in [0.717, 1.165) is 6.54 Å². The van der Waals surface area contributed by atoms with Gasteiger partial charge in [0.2, 0.25) is 0 Å². The molecule has 3 saturated heterocycles. The van der Waals surface area contributed by atoms with Crippen LogP contribution in [-0.4, -0.2) is 55.1 Å². The maximum Gasteiger partial charge on any atom is 0.0499 e. The largest absolute Gasteiger partial charge is 0.309 e. The molecular weight excluding hydrogens is 254 g/mol. The summed E-state index contributed by atoms with van der Waals surface area (Å²) >= 11 is 1.88. The SMILES string of the molecule is CCCNC(c1csc(C)c1)C1CN2CCN1CC2. The Kier molecular flexibility index (Phi) is 4.22. The molecule has 4 heterocycles. The summed E-state index contributed by atoms with van der Waals surface area (Å²) in [7, 11) is 0. The number of hydrogen-bond acceptors (Lipinski definition) is 4. The van der Waals surface area contributed by atoms with E-state index in [9.17, 15) is 0 Å². The van der Waals surface area contributed by atoms with E-state index in [4.69, 9.17) is 0 Å². The number of fused-ring (bicyclic) bond motifs is 3. The summed E-state index contributed by atoms with van der Waals surface area (Å²) in [6.07, 6.45) is 1.20. The minimum atomic E-state index is 0.507. The molecule has 3 aliphatic heterocycles. The second kappa shape index (κ2) is 5.92. The molecule has 0 radical (unpaired) electrons. The van der Waals surface area contributed by atoms with Crippen LogP contribution in [0.1, 0.15) is 29.8 Å². The van der Waals surface area contributed by atoms with Gasteiger partial charge in [0.15, 0.2) is 0 Å². The minimum absolute atomic E-state index is 0.507. The fourth-order valence-electron chi connectivity index (χ4n) is 3.38. The third kappa shape index (κ3) is 2.87. The second-order valence-corrected chi connectivity index (χ2v) is 6.94. The third-order valence-electron chi connectivity index (χ3n) is 4.43. The van der Waals surface area contributed by atoms with Crippen LogP contribution in [0.3, 0.4) is 0 Å². The van der Waals surface area contributed by atoms with Crippen molar-refractivity contribution in [3.63, 3.8) is 0 Å². The summed E-state index contributed by atoms with van der Waals surface area (Å²) in [4.78, 5) is 6.75. The molecule has 0 aromatic carbocycles. The predicted octanol–water partition coefficient (Wildman–Crippen LogP) is 2.10. The van der Waals surface area contributed by atoms with Crippen LogP contribution in [0.2, 0.25) is 0 Å². The van der Waals surface area contributed by atoms with Crippen molar-refractivity contribution in [3.8, 4) is 0 Å². The number of nitrogens with zero attached hydrogens (tertiary/aromatic N) is 2. The highest BCUT2D eigenvalue weighted by molar-refractivity contribution is 7.10. The number of aryl methyl sites for hydroxylation is 1. The summed E-state index contributed by atoms with van der Waals surface area (Å²) in [5.41, 5.74) is 1.50. The van der Waals surface area contributed by atoms with E-state index in [0.29, 0.717) is 12.1 Å². The van der Waals surface area contributed by atoms with Gasteiger partial charge in [-0.1, -0.05) is 6.92 Å². The van der Waals surface area contributed by atoms with E-state index < -0.39 is 0 Å². The van der Waals surface area contributed by atoms with Gasteiger partial charge in [-0.2, -0.15) is 0 Å². The first kappa shape index (κ1) is 13.6. The van der Waals surface area contributed by atoms with Crippen molar-refractivity contribution in [1.82, 2.24) is 15.1 Å².